The third-order valence-electron chi connectivity index (χ3n) is 3.16. The number of aromatic amines is 1. The first-order chi connectivity index (χ1) is 10.1. The molecule has 2 N–H and O–H groups in total. The van der Waals surface area contributed by atoms with Crippen LogP contribution in [0.25, 0.3) is 10.9 Å². The van der Waals surface area contributed by atoms with Gasteiger partial charge in [0, 0.05) is 16.7 Å². The maximum atomic E-state index is 13.3. The maximum absolute atomic E-state index is 13.3. The number of para-hydroxylation sites is 1. The van der Waals surface area contributed by atoms with E-state index < -0.39 is 11.8 Å². The quantitative estimate of drug-likeness (QED) is 0.706. The van der Waals surface area contributed by atoms with Crippen LogP contribution in [-0.4, -0.2) is 16.1 Å². The first-order valence-electron chi connectivity index (χ1n) is 6.36. The number of hydrogen-bond donors (Lipinski definition) is 2. The zero-order valence-electron chi connectivity index (χ0n) is 11.0. The predicted octanol–water partition coefficient (Wildman–Crippen LogP) is 4.30. The van der Waals surface area contributed by atoms with E-state index >= 15 is 0 Å². The third kappa shape index (κ3) is 2.92. The third-order valence-corrected chi connectivity index (χ3v) is 4.17. The Kier molecular flexibility index (Phi) is 3.66. The van der Waals surface area contributed by atoms with Crippen molar-refractivity contribution in [3.63, 3.8) is 0 Å². The summed E-state index contributed by atoms with van der Waals surface area (Å²) in [5, 5.41) is 11.0. The van der Waals surface area contributed by atoms with Crippen molar-refractivity contribution >= 4 is 28.6 Å². The molecule has 3 aromatic rings. The van der Waals surface area contributed by atoms with Gasteiger partial charge in [-0.1, -0.05) is 24.3 Å². The molecule has 0 aliphatic heterocycles. The minimum atomic E-state index is -1.25. The van der Waals surface area contributed by atoms with E-state index in [9.17, 15) is 9.18 Å². The van der Waals surface area contributed by atoms with Gasteiger partial charge in [0.05, 0.1) is 10.6 Å². The zero-order chi connectivity index (χ0) is 14.8. The first-order valence-corrected chi connectivity index (χ1v) is 7.34. The number of H-pyrrole nitrogens is 1. The fourth-order valence-electron chi connectivity index (χ4n) is 2.11. The van der Waals surface area contributed by atoms with Crippen molar-refractivity contribution in [2.24, 2.45) is 0 Å². The summed E-state index contributed by atoms with van der Waals surface area (Å²) < 4.78 is 13.3. The van der Waals surface area contributed by atoms with Gasteiger partial charge in [-0.25, -0.2) is 9.18 Å². The maximum Gasteiger partial charge on any atom is 0.338 e. The molecule has 21 heavy (non-hydrogen) atoms. The Morgan fingerprint density at radius 3 is 2.76 bits per heavy atom. The lowest BCUT2D eigenvalue weighted by Crippen LogP contribution is -2.01. The van der Waals surface area contributed by atoms with E-state index in [-0.39, 0.29) is 5.56 Å². The van der Waals surface area contributed by atoms with E-state index in [4.69, 9.17) is 5.11 Å². The number of carbonyl (C=O) groups is 1. The van der Waals surface area contributed by atoms with E-state index in [0.717, 1.165) is 21.5 Å². The molecule has 1 aromatic heterocycles. The lowest BCUT2D eigenvalue weighted by Gasteiger charge is -2.03. The van der Waals surface area contributed by atoms with Crippen LogP contribution in [0.15, 0.2) is 53.6 Å². The van der Waals surface area contributed by atoms with E-state index in [1.54, 1.807) is 17.8 Å². The summed E-state index contributed by atoms with van der Waals surface area (Å²) in [6.07, 6.45) is 0. The van der Waals surface area contributed by atoms with Crippen LogP contribution in [0.3, 0.4) is 0 Å². The number of thioether (sulfide) groups is 1. The van der Waals surface area contributed by atoms with Crippen molar-refractivity contribution in [3.8, 4) is 0 Å². The second-order valence-corrected chi connectivity index (χ2v) is 5.65. The van der Waals surface area contributed by atoms with Crippen LogP contribution in [0.5, 0.6) is 0 Å². The van der Waals surface area contributed by atoms with Crippen molar-refractivity contribution < 1.29 is 14.3 Å². The number of rotatable bonds is 4. The predicted molar refractivity (Wildman–Crippen MR) is 81.2 cm³/mol. The number of halogens is 1. The molecule has 0 amide bonds. The summed E-state index contributed by atoms with van der Waals surface area (Å²) in [5.74, 6) is -1.38. The van der Waals surface area contributed by atoms with Crippen LogP contribution in [0.1, 0.15) is 15.9 Å². The smallest absolute Gasteiger partial charge is 0.338 e. The number of fused-ring (bicyclic) bond motifs is 1. The Morgan fingerprint density at radius 2 is 2.00 bits per heavy atom. The molecule has 2 aromatic carbocycles. The number of benzene rings is 2. The number of aromatic nitrogens is 1. The highest BCUT2D eigenvalue weighted by molar-refractivity contribution is 7.98. The van der Waals surface area contributed by atoms with Crippen LogP contribution in [0, 0.1) is 5.82 Å². The second kappa shape index (κ2) is 5.61. The summed E-state index contributed by atoms with van der Waals surface area (Å²) >= 11 is 1.55. The Bertz CT molecular complexity index is 780. The Hall–Kier alpha value is -2.27. The number of nitrogens with one attached hydrogen (secondary N) is 1. The molecule has 0 unspecified atom stereocenters. The number of hydrogen-bond acceptors (Lipinski definition) is 2. The van der Waals surface area contributed by atoms with Crippen LogP contribution in [0.4, 0.5) is 4.39 Å². The highest BCUT2D eigenvalue weighted by Gasteiger charge is 2.11. The molecular formula is C16H12FNO2S. The van der Waals surface area contributed by atoms with Crippen LogP contribution in [0.2, 0.25) is 0 Å². The van der Waals surface area contributed by atoms with Gasteiger partial charge in [-0.15, -0.1) is 11.8 Å². The fourth-order valence-corrected chi connectivity index (χ4v) is 3.01. The topological polar surface area (TPSA) is 53.1 Å². The lowest BCUT2D eigenvalue weighted by molar-refractivity contribution is 0.0692. The molecule has 1 heterocycles. The molecule has 0 atom stereocenters. The average Bonchev–Trinajstić information content (AvgIpc) is 2.89. The van der Waals surface area contributed by atoms with Gasteiger partial charge >= 0.3 is 5.97 Å². The SMILES string of the molecule is O=C(O)c1cc(CSc2cc3ccccc3[nH]2)ccc1F. The van der Waals surface area contributed by atoms with Gasteiger partial charge in [0.25, 0.3) is 0 Å². The fraction of sp³-hybridized carbons (Fsp3) is 0.0625. The molecule has 106 valence electrons. The molecule has 0 spiro atoms. The van der Waals surface area contributed by atoms with Gasteiger partial charge in [0.15, 0.2) is 0 Å². The van der Waals surface area contributed by atoms with Gasteiger partial charge < -0.3 is 10.1 Å². The molecule has 0 saturated carbocycles. The average molecular weight is 301 g/mol. The van der Waals surface area contributed by atoms with Crippen molar-refractivity contribution in [3.05, 3.63) is 65.5 Å². The molecule has 3 nitrogen and oxygen atoms in total. The summed E-state index contributed by atoms with van der Waals surface area (Å²) in [4.78, 5) is 14.2. The minimum Gasteiger partial charge on any atom is -0.478 e. The largest absolute Gasteiger partial charge is 0.478 e. The molecule has 5 heteroatoms. The van der Waals surface area contributed by atoms with E-state index in [1.165, 1.54) is 12.1 Å². The minimum absolute atomic E-state index is 0.287. The number of carboxylic acids is 1. The molecule has 0 radical (unpaired) electrons. The molecule has 0 bridgehead atoms. The summed E-state index contributed by atoms with van der Waals surface area (Å²) in [6.45, 7) is 0. The summed E-state index contributed by atoms with van der Waals surface area (Å²) in [5.41, 5.74) is 1.55. The molecular weight excluding hydrogens is 289 g/mol. The van der Waals surface area contributed by atoms with E-state index in [1.807, 2.05) is 30.3 Å². The van der Waals surface area contributed by atoms with Crippen LogP contribution < -0.4 is 0 Å². The van der Waals surface area contributed by atoms with Crippen molar-refractivity contribution in [2.45, 2.75) is 10.8 Å². The van der Waals surface area contributed by atoms with Crippen molar-refractivity contribution in [2.75, 3.05) is 0 Å². The number of aromatic carboxylic acids is 1. The van der Waals surface area contributed by atoms with Crippen molar-refractivity contribution in [1.29, 1.82) is 0 Å². The highest BCUT2D eigenvalue weighted by Crippen LogP contribution is 2.26. The van der Waals surface area contributed by atoms with Gasteiger partial charge in [-0.2, -0.15) is 0 Å². The molecule has 0 aliphatic carbocycles. The van der Waals surface area contributed by atoms with Crippen LogP contribution in [-0.2, 0) is 5.75 Å². The Morgan fingerprint density at radius 1 is 1.19 bits per heavy atom. The summed E-state index contributed by atoms with van der Waals surface area (Å²) in [7, 11) is 0. The van der Waals surface area contributed by atoms with Gasteiger partial charge in [0.1, 0.15) is 5.82 Å². The molecule has 3 rings (SSSR count). The van der Waals surface area contributed by atoms with E-state index in [0.29, 0.717) is 5.75 Å². The Labute approximate surface area is 124 Å². The normalized spacial score (nSPS) is 10.9. The molecule has 0 fully saturated rings. The monoisotopic (exact) mass is 301 g/mol. The van der Waals surface area contributed by atoms with E-state index in [2.05, 4.69) is 4.98 Å². The molecule has 0 aliphatic rings. The first kappa shape index (κ1) is 13.7. The van der Waals surface area contributed by atoms with Crippen molar-refractivity contribution in [1.82, 2.24) is 4.98 Å². The van der Waals surface area contributed by atoms with Gasteiger partial charge in [-0.05, 0) is 29.8 Å². The Balaban J connectivity index is 1.78. The number of carboxylic acid groups (broad SMARTS) is 1. The standard InChI is InChI=1S/C16H12FNO2S/c17-13-6-5-10(7-12(13)16(19)20)9-21-15-8-11-3-1-2-4-14(11)18-15/h1-8,18H,9H2,(H,19,20). The lowest BCUT2D eigenvalue weighted by atomic mass is 10.1. The zero-order valence-corrected chi connectivity index (χ0v) is 11.8. The van der Waals surface area contributed by atoms with Crippen LogP contribution >= 0.6 is 11.8 Å². The second-order valence-electron chi connectivity index (χ2n) is 4.63. The highest BCUT2D eigenvalue weighted by atomic mass is 32.2. The summed E-state index contributed by atoms with van der Waals surface area (Å²) in [6, 6.07) is 14.2. The molecule has 0 saturated heterocycles. The van der Waals surface area contributed by atoms with Gasteiger partial charge in [0.2, 0.25) is 0 Å². The van der Waals surface area contributed by atoms with Gasteiger partial charge in [-0.3, -0.25) is 0 Å².